The minimum absolute atomic E-state index is 0.0736. The maximum atomic E-state index is 12.5. The molecular weight excluding hydrogens is 254 g/mol. The summed E-state index contributed by atoms with van der Waals surface area (Å²) in [4.78, 5) is 27.9. The van der Waals surface area contributed by atoms with Crippen LogP contribution in [0.25, 0.3) is 0 Å². The SMILES string of the molecule is N[C@@H]1CCCN2C(=O)N(Cc3ccccc3)C(=O)C[C@@H]12. The van der Waals surface area contributed by atoms with Crippen molar-refractivity contribution < 1.29 is 9.59 Å². The van der Waals surface area contributed by atoms with Gasteiger partial charge in [-0.25, -0.2) is 4.79 Å². The van der Waals surface area contributed by atoms with E-state index in [0.717, 1.165) is 18.4 Å². The van der Waals surface area contributed by atoms with Gasteiger partial charge in [0, 0.05) is 19.0 Å². The van der Waals surface area contributed by atoms with Crippen molar-refractivity contribution in [2.24, 2.45) is 5.73 Å². The largest absolute Gasteiger partial charge is 0.327 e. The third-order valence-corrected chi connectivity index (χ3v) is 4.18. The molecule has 0 radical (unpaired) electrons. The number of benzene rings is 1. The van der Waals surface area contributed by atoms with Crippen LogP contribution in [-0.2, 0) is 11.3 Å². The summed E-state index contributed by atoms with van der Waals surface area (Å²) in [5.41, 5.74) is 7.01. The quantitative estimate of drug-likeness (QED) is 0.884. The van der Waals surface area contributed by atoms with Gasteiger partial charge in [-0.1, -0.05) is 30.3 Å². The molecule has 5 nitrogen and oxygen atoms in total. The van der Waals surface area contributed by atoms with Crippen LogP contribution in [0.4, 0.5) is 4.79 Å². The highest BCUT2D eigenvalue weighted by Gasteiger charge is 2.42. The van der Waals surface area contributed by atoms with Crippen molar-refractivity contribution in [1.29, 1.82) is 0 Å². The molecule has 0 spiro atoms. The Bertz CT molecular complexity index is 517. The summed E-state index contributed by atoms with van der Waals surface area (Å²) in [6.45, 7) is 1.05. The molecular formula is C15H19N3O2. The molecule has 2 atom stereocenters. The highest BCUT2D eigenvalue weighted by atomic mass is 16.2. The molecule has 3 amide bonds. The van der Waals surface area contributed by atoms with Crippen molar-refractivity contribution in [3.05, 3.63) is 35.9 Å². The summed E-state index contributed by atoms with van der Waals surface area (Å²) >= 11 is 0. The highest BCUT2D eigenvalue weighted by Crippen LogP contribution is 2.26. The number of fused-ring (bicyclic) bond motifs is 1. The Labute approximate surface area is 118 Å². The van der Waals surface area contributed by atoms with Crippen LogP contribution in [0.1, 0.15) is 24.8 Å². The zero-order valence-corrected chi connectivity index (χ0v) is 11.4. The van der Waals surface area contributed by atoms with E-state index in [1.165, 1.54) is 4.90 Å². The van der Waals surface area contributed by atoms with Gasteiger partial charge in [0.05, 0.1) is 12.6 Å². The number of urea groups is 1. The number of piperidine rings is 1. The van der Waals surface area contributed by atoms with Gasteiger partial charge < -0.3 is 10.6 Å². The fourth-order valence-corrected chi connectivity index (χ4v) is 3.06. The summed E-state index contributed by atoms with van der Waals surface area (Å²) in [5.74, 6) is -0.113. The van der Waals surface area contributed by atoms with Crippen molar-refractivity contribution in [2.75, 3.05) is 6.54 Å². The molecule has 2 heterocycles. The second-order valence-corrected chi connectivity index (χ2v) is 5.52. The van der Waals surface area contributed by atoms with Gasteiger partial charge in [-0.05, 0) is 18.4 Å². The Morgan fingerprint density at radius 2 is 1.95 bits per heavy atom. The van der Waals surface area contributed by atoms with E-state index in [1.54, 1.807) is 4.90 Å². The fourth-order valence-electron chi connectivity index (χ4n) is 3.06. The topological polar surface area (TPSA) is 66.6 Å². The molecule has 3 rings (SSSR count). The molecule has 2 fully saturated rings. The van der Waals surface area contributed by atoms with Crippen LogP contribution in [0.3, 0.4) is 0 Å². The minimum Gasteiger partial charge on any atom is -0.326 e. The monoisotopic (exact) mass is 273 g/mol. The van der Waals surface area contributed by atoms with Crippen molar-refractivity contribution in [1.82, 2.24) is 9.80 Å². The van der Waals surface area contributed by atoms with Crippen molar-refractivity contribution >= 4 is 11.9 Å². The summed E-state index contributed by atoms with van der Waals surface area (Å²) in [6.07, 6.45) is 2.15. The molecule has 0 bridgehead atoms. The van der Waals surface area contributed by atoms with Gasteiger partial charge in [0.1, 0.15) is 0 Å². The van der Waals surface area contributed by atoms with Crippen LogP contribution in [0.15, 0.2) is 30.3 Å². The van der Waals surface area contributed by atoms with Gasteiger partial charge in [-0.3, -0.25) is 9.69 Å². The molecule has 0 saturated carbocycles. The maximum Gasteiger partial charge on any atom is 0.327 e. The lowest BCUT2D eigenvalue weighted by atomic mass is 9.92. The van der Waals surface area contributed by atoms with Gasteiger partial charge in [0.15, 0.2) is 0 Å². The average molecular weight is 273 g/mol. The lowest BCUT2D eigenvalue weighted by Crippen LogP contribution is -2.63. The van der Waals surface area contributed by atoms with E-state index in [2.05, 4.69) is 0 Å². The van der Waals surface area contributed by atoms with E-state index in [0.29, 0.717) is 19.5 Å². The molecule has 2 saturated heterocycles. The van der Waals surface area contributed by atoms with Crippen LogP contribution in [0.5, 0.6) is 0 Å². The van der Waals surface area contributed by atoms with Gasteiger partial charge in [0.2, 0.25) is 5.91 Å². The number of hydrogen-bond donors (Lipinski definition) is 1. The predicted octanol–water partition coefficient (Wildman–Crippen LogP) is 1.33. The zero-order chi connectivity index (χ0) is 14.1. The number of carbonyl (C=O) groups is 2. The first kappa shape index (κ1) is 13.1. The van der Waals surface area contributed by atoms with Crippen LogP contribution >= 0.6 is 0 Å². The second kappa shape index (κ2) is 5.25. The average Bonchev–Trinajstić information content (AvgIpc) is 2.46. The van der Waals surface area contributed by atoms with Crippen molar-refractivity contribution in [3.63, 3.8) is 0 Å². The van der Waals surface area contributed by atoms with Gasteiger partial charge in [-0.15, -0.1) is 0 Å². The Morgan fingerprint density at radius 1 is 1.20 bits per heavy atom. The molecule has 20 heavy (non-hydrogen) atoms. The third-order valence-electron chi connectivity index (χ3n) is 4.18. The number of amides is 3. The van der Waals surface area contributed by atoms with Crippen molar-refractivity contribution in [3.8, 4) is 0 Å². The Hall–Kier alpha value is -1.88. The highest BCUT2D eigenvalue weighted by molar-refractivity contribution is 5.97. The summed E-state index contributed by atoms with van der Waals surface area (Å²) in [6, 6.07) is 9.21. The molecule has 0 aliphatic carbocycles. The van der Waals surface area contributed by atoms with Gasteiger partial charge >= 0.3 is 6.03 Å². The lowest BCUT2D eigenvalue weighted by molar-refractivity contribution is -0.134. The van der Waals surface area contributed by atoms with Crippen LogP contribution in [0.2, 0.25) is 0 Å². The third kappa shape index (κ3) is 2.29. The maximum absolute atomic E-state index is 12.5. The molecule has 2 aliphatic heterocycles. The fraction of sp³-hybridized carbons (Fsp3) is 0.467. The normalized spacial score (nSPS) is 26.6. The first-order valence-corrected chi connectivity index (χ1v) is 7.07. The molecule has 2 N–H and O–H groups in total. The summed E-state index contributed by atoms with van der Waals surface area (Å²) in [7, 11) is 0. The first-order chi connectivity index (χ1) is 9.66. The van der Waals surface area contributed by atoms with Crippen molar-refractivity contribution in [2.45, 2.75) is 37.9 Å². The number of imide groups is 1. The Balaban J connectivity index is 1.79. The summed E-state index contributed by atoms with van der Waals surface area (Å²) < 4.78 is 0. The first-order valence-electron chi connectivity index (χ1n) is 7.07. The number of nitrogens with zero attached hydrogens (tertiary/aromatic N) is 2. The van der Waals surface area contributed by atoms with E-state index in [-0.39, 0.29) is 24.0 Å². The number of nitrogens with two attached hydrogens (primary N) is 1. The van der Waals surface area contributed by atoms with E-state index in [9.17, 15) is 9.59 Å². The zero-order valence-electron chi connectivity index (χ0n) is 11.4. The summed E-state index contributed by atoms with van der Waals surface area (Å²) in [5, 5.41) is 0. The molecule has 1 aromatic carbocycles. The molecule has 0 aromatic heterocycles. The second-order valence-electron chi connectivity index (χ2n) is 5.52. The molecule has 2 aliphatic rings. The Morgan fingerprint density at radius 3 is 2.70 bits per heavy atom. The minimum atomic E-state index is -0.190. The van der Waals surface area contributed by atoms with Crippen LogP contribution < -0.4 is 5.73 Å². The van der Waals surface area contributed by atoms with E-state index >= 15 is 0 Å². The lowest BCUT2D eigenvalue weighted by Gasteiger charge is -2.45. The molecule has 106 valence electrons. The van der Waals surface area contributed by atoms with Gasteiger partial charge in [0.25, 0.3) is 0 Å². The number of carbonyl (C=O) groups excluding carboxylic acids is 2. The number of hydrogen-bond acceptors (Lipinski definition) is 3. The Kier molecular flexibility index (Phi) is 3.44. The molecule has 1 aromatic rings. The number of rotatable bonds is 2. The van der Waals surface area contributed by atoms with E-state index in [4.69, 9.17) is 5.73 Å². The van der Waals surface area contributed by atoms with Crippen LogP contribution in [0, 0.1) is 0 Å². The molecule has 5 heteroatoms. The van der Waals surface area contributed by atoms with Gasteiger partial charge in [-0.2, -0.15) is 0 Å². The van der Waals surface area contributed by atoms with E-state index in [1.807, 2.05) is 30.3 Å². The van der Waals surface area contributed by atoms with Crippen LogP contribution in [-0.4, -0.2) is 40.4 Å². The smallest absolute Gasteiger partial charge is 0.326 e. The standard InChI is InChI=1S/C15H19N3O2/c16-12-7-4-8-17-13(12)9-14(19)18(15(17)20)10-11-5-2-1-3-6-11/h1-3,5-6,12-13H,4,7-10,16H2/t12-,13+/m1/s1. The predicted molar refractivity (Wildman–Crippen MR) is 74.7 cm³/mol. The molecule has 0 unspecified atom stereocenters. The van der Waals surface area contributed by atoms with E-state index < -0.39 is 0 Å².